The van der Waals surface area contributed by atoms with E-state index in [0.29, 0.717) is 6.42 Å². The second-order valence-electron chi connectivity index (χ2n) is 6.04. The Hall–Kier alpha value is -2.89. The summed E-state index contributed by atoms with van der Waals surface area (Å²) in [5.41, 5.74) is 0.979. The third-order valence-corrected chi connectivity index (χ3v) is 4.55. The van der Waals surface area contributed by atoms with Gasteiger partial charge in [0.2, 0.25) is 5.91 Å². The van der Waals surface area contributed by atoms with Gasteiger partial charge in [-0.05, 0) is 29.2 Å². The summed E-state index contributed by atoms with van der Waals surface area (Å²) in [7, 11) is 2.42. The largest absolute Gasteiger partial charge is 0.467 e. The minimum atomic E-state index is -0.935. The first kappa shape index (κ1) is 17.0. The number of nitrogens with zero attached hydrogens (tertiary/aromatic N) is 1. The van der Waals surface area contributed by atoms with Crippen molar-refractivity contribution in [3.8, 4) is 0 Å². The van der Waals surface area contributed by atoms with Gasteiger partial charge in [0.1, 0.15) is 6.04 Å². The Kier molecular flexibility index (Phi) is 4.70. The number of esters is 1. The van der Waals surface area contributed by atoms with Gasteiger partial charge in [0.15, 0.2) is 0 Å². The second-order valence-corrected chi connectivity index (χ2v) is 6.04. The minimum absolute atomic E-state index is 0.230. The highest BCUT2D eigenvalue weighted by Gasteiger charge is 2.47. The number of ether oxygens (including phenoxy) is 2. The lowest BCUT2D eigenvalue weighted by Crippen LogP contribution is -2.43. The van der Waals surface area contributed by atoms with Crippen LogP contribution in [0.1, 0.15) is 12.0 Å². The number of rotatable bonds is 3. The van der Waals surface area contributed by atoms with Crippen LogP contribution >= 0.6 is 0 Å². The zero-order valence-electron chi connectivity index (χ0n) is 14.1. The van der Waals surface area contributed by atoms with Crippen LogP contribution in [0.2, 0.25) is 0 Å². The normalized spacial score (nSPS) is 19.9. The predicted molar refractivity (Wildman–Crippen MR) is 90.8 cm³/mol. The van der Waals surface area contributed by atoms with E-state index in [-0.39, 0.29) is 6.42 Å². The van der Waals surface area contributed by atoms with E-state index in [1.165, 1.54) is 14.2 Å². The van der Waals surface area contributed by atoms with E-state index in [9.17, 15) is 14.4 Å². The molecule has 3 rings (SSSR count). The fraction of sp³-hybridized carbons (Fsp3) is 0.316. The molecule has 2 aromatic rings. The Morgan fingerprint density at radius 1 is 1.08 bits per heavy atom. The van der Waals surface area contributed by atoms with E-state index in [1.54, 1.807) is 0 Å². The number of carbonyl (C=O) groups is 3. The summed E-state index contributed by atoms with van der Waals surface area (Å²) < 4.78 is 9.37. The van der Waals surface area contributed by atoms with Gasteiger partial charge < -0.3 is 9.47 Å². The molecule has 0 N–H and O–H groups in total. The van der Waals surface area contributed by atoms with Gasteiger partial charge in [-0.25, -0.2) is 14.5 Å². The zero-order chi connectivity index (χ0) is 18.0. The first-order chi connectivity index (χ1) is 12.0. The highest BCUT2D eigenvalue weighted by molar-refractivity contribution is 6.00. The molecule has 1 heterocycles. The van der Waals surface area contributed by atoms with Gasteiger partial charge in [-0.15, -0.1) is 0 Å². The van der Waals surface area contributed by atoms with E-state index in [1.807, 2.05) is 42.5 Å². The first-order valence-corrected chi connectivity index (χ1v) is 8.01. The van der Waals surface area contributed by atoms with E-state index < -0.39 is 29.9 Å². The van der Waals surface area contributed by atoms with Crippen LogP contribution in [-0.4, -0.2) is 43.1 Å². The first-order valence-electron chi connectivity index (χ1n) is 8.01. The van der Waals surface area contributed by atoms with Crippen LogP contribution in [0.15, 0.2) is 42.5 Å². The van der Waals surface area contributed by atoms with Crippen molar-refractivity contribution in [1.82, 2.24) is 4.90 Å². The van der Waals surface area contributed by atoms with Crippen molar-refractivity contribution in [2.75, 3.05) is 14.2 Å². The van der Waals surface area contributed by atoms with Crippen LogP contribution in [-0.2, 0) is 25.5 Å². The Morgan fingerprint density at radius 3 is 2.48 bits per heavy atom. The van der Waals surface area contributed by atoms with Crippen molar-refractivity contribution in [1.29, 1.82) is 0 Å². The second kappa shape index (κ2) is 6.93. The summed E-state index contributed by atoms with van der Waals surface area (Å²) >= 11 is 0. The summed E-state index contributed by atoms with van der Waals surface area (Å²) in [6.07, 6.45) is -0.153. The number of imide groups is 1. The zero-order valence-corrected chi connectivity index (χ0v) is 14.1. The molecule has 130 valence electrons. The van der Waals surface area contributed by atoms with Crippen LogP contribution in [0.25, 0.3) is 10.8 Å². The molecule has 0 aliphatic carbocycles. The Balaban J connectivity index is 1.84. The topological polar surface area (TPSA) is 72.9 Å². The average Bonchev–Trinajstić information content (AvgIpc) is 2.96. The van der Waals surface area contributed by atoms with Gasteiger partial charge >= 0.3 is 12.1 Å². The third kappa shape index (κ3) is 3.20. The molecule has 6 nitrogen and oxygen atoms in total. The summed E-state index contributed by atoms with van der Waals surface area (Å²) in [6, 6.07) is 13.0. The summed E-state index contributed by atoms with van der Waals surface area (Å²) in [5, 5.41) is 2.20. The molecule has 0 bridgehead atoms. The molecular formula is C19H19NO5. The summed E-state index contributed by atoms with van der Waals surface area (Å²) in [5.74, 6) is -1.49. The van der Waals surface area contributed by atoms with E-state index >= 15 is 0 Å². The molecule has 6 heteroatoms. The smallest absolute Gasteiger partial charge is 0.417 e. The Morgan fingerprint density at radius 2 is 1.80 bits per heavy atom. The van der Waals surface area contributed by atoms with Gasteiger partial charge in [0, 0.05) is 5.92 Å². The van der Waals surface area contributed by atoms with Crippen LogP contribution in [0.3, 0.4) is 0 Å². The predicted octanol–water partition coefficient (Wildman–Crippen LogP) is 2.54. The molecule has 0 spiro atoms. The summed E-state index contributed by atoms with van der Waals surface area (Å²) in [6.45, 7) is 0. The molecule has 0 unspecified atom stereocenters. The van der Waals surface area contributed by atoms with Crippen molar-refractivity contribution >= 4 is 28.7 Å². The third-order valence-electron chi connectivity index (χ3n) is 4.55. The molecule has 0 radical (unpaired) electrons. The molecule has 1 aliphatic heterocycles. The lowest BCUT2D eigenvalue weighted by Gasteiger charge is -2.18. The van der Waals surface area contributed by atoms with Crippen molar-refractivity contribution in [3.63, 3.8) is 0 Å². The fourth-order valence-corrected chi connectivity index (χ4v) is 3.30. The highest BCUT2D eigenvalue weighted by atomic mass is 16.5. The number of likely N-dealkylation sites (tertiary alicyclic amines) is 1. The molecule has 25 heavy (non-hydrogen) atoms. The van der Waals surface area contributed by atoms with Gasteiger partial charge in [-0.1, -0.05) is 42.5 Å². The average molecular weight is 341 g/mol. The van der Waals surface area contributed by atoms with Crippen molar-refractivity contribution in [2.24, 2.45) is 5.92 Å². The molecule has 0 saturated carbocycles. The van der Waals surface area contributed by atoms with Crippen LogP contribution in [0.5, 0.6) is 0 Å². The Bertz CT molecular complexity index is 831. The molecule has 1 fully saturated rings. The molecule has 2 atom stereocenters. The van der Waals surface area contributed by atoms with Crippen molar-refractivity contribution in [3.05, 3.63) is 48.0 Å². The van der Waals surface area contributed by atoms with Gasteiger partial charge in [-0.3, -0.25) is 4.79 Å². The number of fused-ring (bicyclic) bond motifs is 1. The summed E-state index contributed by atoms with van der Waals surface area (Å²) in [4.78, 5) is 37.3. The number of hydrogen-bond acceptors (Lipinski definition) is 5. The number of amides is 2. The van der Waals surface area contributed by atoms with E-state index in [0.717, 1.165) is 21.2 Å². The maximum absolute atomic E-state index is 12.6. The molecule has 2 amide bonds. The number of benzene rings is 2. The van der Waals surface area contributed by atoms with Gasteiger partial charge in [-0.2, -0.15) is 0 Å². The number of hydrogen-bond donors (Lipinski definition) is 0. The maximum Gasteiger partial charge on any atom is 0.417 e. The number of carbonyl (C=O) groups excluding carboxylic acids is 3. The van der Waals surface area contributed by atoms with E-state index in [4.69, 9.17) is 4.74 Å². The van der Waals surface area contributed by atoms with E-state index in [2.05, 4.69) is 4.74 Å². The Labute approximate surface area is 145 Å². The van der Waals surface area contributed by atoms with Crippen LogP contribution < -0.4 is 0 Å². The molecule has 1 aliphatic rings. The standard InChI is InChI=1S/C19H19NO5/c1-24-18(22)16-11-15(17(21)20(16)19(23)25-2)10-12-7-8-13-5-3-4-6-14(13)9-12/h3-9,15-16H,10-11H2,1-2H3/t15-,16+/m1/s1. The lowest BCUT2D eigenvalue weighted by atomic mass is 9.94. The monoisotopic (exact) mass is 341 g/mol. The van der Waals surface area contributed by atoms with Crippen molar-refractivity contribution in [2.45, 2.75) is 18.9 Å². The fourth-order valence-electron chi connectivity index (χ4n) is 3.30. The lowest BCUT2D eigenvalue weighted by molar-refractivity contribution is -0.148. The van der Waals surface area contributed by atoms with Gasteiger partial charge in [0.05, 0.1) is 14.2 Å². The SMILES string of the molecule is COC(=O)[C@@H]1C[C@@H](Cc2ccc3ccccc3c2)C(=O)N1C(=O)OC. The highest BCUT2D eigenvalue weighted by Crippen LogP contribution is 2.30. The molecule has 1 saturated heterocycles. The maximum atomic E-state index is 12.6. The molecule has 2 aromatic carbocycles. The van der Waals surface area contributed by atoms with Gasteiger partial charge in [0.25, 0.3) is 0 Å². The van der Waals surface area contributed by atoms with Crippen LogP contribution in [0, 0.1) is 5.92 Å². The number of methoxy groups -OCH3 is 2. The van der Waals surface area contributed by atoms with Crippen molar-refractivity contribution < 1.29 is 23.9 Å². The molecule has 0 aromatic heterocycles. The molecular weight excluding hydrogens is 322 g/mol. The van der Waals surface area contributed by atoms with Crippen LogP contribution in [0.4, 0.5) is 4.79 Å². The quantitative estimate of drug-likeness (QED) is 0.802. The minimum Gasteiger partial charge on any atom is -0.467 e.